The van der Waals surface area contributed by atoms with E-state index < -0.39 is 0 Å². The quantitative estimate of drug-likeness (QED) is 0.772. The summed E-state index contributed by atoms with van der Waals surface area (Å²) < 4.78 is 9.45. The average Bonchev–Trinajstić information content (AvgIpc) is 2.49. The van der Waals surface area contributed by atoms with Crippen molar-refractivity contribution in [2.24, 2.45) is 0 Å². The first-order chi connectivity index (χ1) is 6.25. The first-order valence-electron chi connectivity index (χ1n) is 4.39. The van der Waals surface area contributed by atoms with E-state index in [1.54, 1.807) is 0 Å². The summed E-state index contributed by atoms with van der Waals surface area (Å²) in [5, 5.41) is 1.39. The Morgan fingerprint density at radius 3 is 2.85 bits per heavy atom. The van der Waals surface area contributed by atoms with Gasteiger partial charge in [-0.2, -0.15) is 0 Å². The minimum atomic E-state index is -0.0493. The van der Waals surface area contributed by atoms with E-state index in [1.807, 2.05) is 0 Å². The van der Waals surface area contributed by atoms with Crippen molar-refractivity contribution in [1.29, 1.82) is 0 Å². The van der Waals surface area contributed by atoms with Crippen LogP contribution in [0.2, 0.25) is 0 Å². The predicted octanol–water partition coefficient (Wildman–Crippen LogP) is 2.68. The molecular formula is C11H12OTe. The minimum absolute atomic E-state index is 0.0493. The number of benzene rings is 1. The van der Waals surface area contributed by atoms with Crippen molar-refractivity contribution in [2.75, 3.05) is 0 Å². The van der Waals surface area contributed by atoms with Crippen LogP contribution in [0.25, 0.3) is 8.79 Å². The molecule has 0 fully saturated rings. The Morgan fingerprint density at radius 2 is 2.08 bits per heavy atom. The van der Waals surface area contributed by atoms with E-state index in [4.69, 9.17) is 4.74 Å². The number of fused-ring (bicyclic) bond motifs is 1. The molecule has 0 bridgehead atoms. The van der Waals surface area contributed by atoms with Gasteiger partial charge in [-0.05, 0) is 0 Å². The van der Waals surface area contributed by atoms with Gasteiger partial charge in [-0.1, -0.05) is 0 Å². The summed E-state index contributed by atoms with van der Waals surface area (Å²) in [5.74, 6) is 1.02. The Balaban J connectivity index is 2.37. The molecule has 68 valence electrons. The van der Waals surface area contributed by atoms with Crippen molar-refractivity contribution in [3.8, 4) is 5.75 Å². The van der Waals surface area contributed by atoms with Crippen molar-refractivity contribution in [2.45, 2.75) is 20.0 Å². The maximum atomic E-state index is 5.63. The van der Waals surface area contributed by atoms with Crippen molar-refractivity contribution in [3.63, 3.8) is 0 Å². The Labute approximate surface area is 87.9 Å². The molecular weight excluding hydrogens is 276 g/mol. The molecule has 1 aromatic heterocycles. The molecule has 2 aromatic rings. The molecule has 0 spiro atoms. The summed E-state index contributed by atoms with van der Waals surface area (Å²) in [4.78, 5) is 0. The summed E-state index contributed by atoms with van der Waals surface area (Å²) in [7, 11) is 0. The van der Waals surface area contributed by atoms with Crippen LogP contribution in [0.5, 0.6) is 5.75 Å². The fourth-order valence-electron chi connectivity index (χ4n) is 1.28. The average molecular weight is 288 g/mol. The van der Waals surface area contributed by atoms with E-state index in [-0.39, 0.29) is 26.5 Å². The van der Waals surface area contributed by atoms with Crippen molar-refractivity contribution >= 4 is 29.2 Å². The van der Waals surface area contributed by atoms with Crippen molar-refractivity contribution in [1.82, 2.24) is 0 Å². The number of ether oxygens (including phenoxy) is 1. The Bertz CT molecular complexity index is 403. The zero-order valence-corrected chi connectivity index (χ0v) is 10.1. The van der Waals surface area contributed by atoms with Gasteiger partial charge in [0.1, 0.15) is 0 Å². The van der Waals surface area contributed by atoms with Crippen LogP contribution in [0.15, 0.2) is 28.3 Å². The molecule has 0 aliphatic carbocycles. The first-order valence-corrected chi connectivity index (χ1v) is 6.91. The maximum absolute atomic E-state index is 5.63. The zero-order chi connectivity index (χ0) is 9.26. The fraction of sp³-hybridized carbons (Fsp3) is 0.273. The summed E-state index contributed by atoms with van der Waals surface area (Å²) in [6, 6.07) is 8.62. The molecule has 0 unspecified atom stereocenters. The van der Waals surface area contributed by atoms with Crippen LogP contribution in [0.3, 0.4) is 0 Å². The molecule has 1 heterocycles. The van der Waals surface area contributed by atoms with E-state index in [0.717, 1.165) is 5.75 Å². The van der Waals surface area contributed by atoms with Crippen LogP contribution >= 0.6 is 0 Å². The summed E-state index contributed by atoms with van der Waals surface area (Å²) in [6.45, 7) is 4.12. The molecule has 0 amide bonds. The molecule has 0 radical (unpaired) electrons. The van der Waals surface area contributed by atoms with Crippen LogP contribution < -0.4 is 4.74 Å². The molecule has 2 rings (SSSR count). The van der Waals surface area contributed by atoms with Crippen molar-refractivity contribution < 1.29 is 4.74 Å². The molecule has 0 atom stereocenters. The van der Waals surface area contributed by atoms with Crippen LogP contribution in [-0.2, 0) is 0 Å². The SMILES string of the molecule is CC(C)Oc1ccc2cc[te]c2c1. The van der Waals surface area contributed by atoms with Crippen LogP contribution in [0.1, 0.15) is 13.8 Å². The van der Waals surface area contributed by atoms with Gasteiger partial charge in [0.2, 0.25) is 0 Å². The van der Waals surface area contributed by atoms with E-state index in [1.165, 1.54) is 8.79 Å². The van der Waals surface area contributed by atoms with Gasteiger partial charge in [0.15, 0.2) is 0 Å². The summed E-state index contributed by atoms with van der Waals surface area (Å²) in [6.07, 6.45) is 0.271. The van der Waals surface area contributed by atoms with E-state index >= 15 is 0 Å². The van der Waals surface area contributed by atoms with Gasteiger partial charge in [-0.25, -0.2) is 0 Å². The normalized spacial score (nSPS) is 11.0. The molecule has 0 aliphatic heterocycles. The Morgan fingerprint density at radius 1 is 1.23 bits per heavy atom. The van der Waals surface area contributed by atoms with Crippen LogP contribution in [-0.4, -0.2) is 26.5 Å². The molecule has 1 nitrogen and oxygen atoms in total. The predicted molar refractivity (Wildman–Crippen MR) is 56.7 cm³/mol. The van der Waals surface area contributed by atoms with Gasteiger partial charge in [-0.15, -0.1) is 0 Å². The second-order valence-electron chi connectivity index (χ2n) is 3.29. The Hall–Kier alpha value is -0.450. The molecule has 1 aromatic carbocycles. The summed E-state index contributed by atoms with van der Waals surface area (Å²) in [5.41, 5.74) is 0. The third kappa shape index (κ3) is 2.07. The van der Waals surface area contributed by atoms with Crippen LogP contribution in [0, 0.1) is 0 Å². The standard InChI is InChI=1S/C11H12OTe/c1-8(2)12-10-4-3-9-5-6-13-11(9)7-10/h3-8H,1-2H3. The number of hydrogen-bond donors (Lipinski definition) is 0. The second kappa shape index (κ2) is 3.74. The van der Waals surface area contributed by atoms with E-state index in [2.05, 4.69) is 42.2 Å². The molecule has 0 saturated carbocycles. The van der Waals surface area contributed by atoms with E-state index in [0.29, 0.717) is 0 Å². The molecule has 0 saturated heterocycles. The van der Waals surface area contributed by atoms with E-state index in [9.17, 15) is 0 Å². The van der Waals surface area contributed by atoms with Gasteiger partial charge in [0.25, 0.3) is 0 Å². The van der Waals surface area contributed by atoms with Gasteiger partial charge in [0, 0.05) is 0 Å². The van der Waals surface area contributed by atoms with Crippen LogP contribution in [0.4, 0.5) is 0 Å². The second-order valence-corrected chi connectivity index (χ2v) is 5.99. The molecule has 0 N–H and O–H groups in total. The molecule has 13 heavy (non-hydrogen) atoms. The van der Waals surface area contributed by atoms with Crippen molar-refractivity contribution in [3.05, 3.63) is 28.3 Å². The van der Waals surface area contributed by atoms with Gasteiger partial charge in [0.05, 0.1) is 0 Å². The third-order valence-electron chi connectivity index (χ3n) is 1.80. The first kappa shape index (κ1) is 9.12. The zero-order valence-electron chi connectivity index (χ0n) is 7.78. The number of hydrogen-bond acceptors (Lipinski definition) is 1. The fourth-order valence-corrected chi connectivity index (χ4v) is 3.61. The monoisotopic (exact) mass is 290 g/mol. The van der Waals surface area contributed by atoms with Gasteiger partial charge in [-0.3, -0.25) is 0 Å². The topological polar surface area (TPSA) is 9.23 Å². The number of rotatable bonds is 2. The molecule has 2 heteroatoms. The van der Waals surface area contributed by atoms with Gasteiger partial charge >= 0.3 is 88.0 Å². The summed E-state index contributed by atoms with van der Waals surface area (Å²) >= 11 is -0.0493. The molecule has 0 aliphatic rings. The van der Waals surface area contributed by atoms with Gasteiger partial charge < -0.3 is 0 Å². The Kier molecular flexibility index (Phi) is 2.62. The third-order valence-corrected chi connectivity index (χ3v) is 4.31.